The molecule has 2 aliphatic carbocycles. The van der Waals surface area contributed by atoms with Crippen molar-refractivity contribution in [1.29, 1.82) is 0 Å². The lowest BCUT2D eigenvalue weighted by Gasteiger charge is -2.32. The molecule has 0 saturated heterocycles. The van der Waals surface area contributed by atoms with Gasteiger partial charge in [0.15, 0.2) is 0 Å². The van der Waals surface area contributed by atoms with Crippen LogP contribution >= 0.6 is 0 Å². The van der Waals surface area contributed by atoms with Crippen molar-refractivity contribution in [2.24, 2.45) is 0 Å². The van der Waals surface area contributed by atoms with Gasteiger partial charge in [-0.3, -0.25) is 0 Å². The average Bonchev–Trinajstić information content (AvgIpc) is 3.44. The molecule has 2 unspecified atom stereocenters. The molecule has 2 aliphatic rings. The molecular formula is C35H34. The largest absolute Gasteiger partial charge is 0.0723 e. The Morgan fingerprint density at radius 2 is 1.14 bits per heavy atom. The van der Waals surface area contributed by atoms with E-state index in [0.717, 1.165) is 6.42 Å². The molecule has 4 aromatic rings. The summed E-state index contributed by atoms with van der Waals surface area (Å²) < 4.78 is 0. The number of fused-ring (bicyclic) bond motifs is 4. The molecule has 2 atom stereocenters. The Kier molecular flexibility index (Phi) is 5.69. The molecule has 35 heavy (non-hydrogen) atoms. The van der Waals surface area contributed by atoms with E-state index in [9.17, 15) is 0 Å². The minimum Gasteiger partial charge on any atom is -0.0723 e. The molecule has 174 valence electrons. The number of benzene rings is 4. The Balaban J connectivity index is 1.35. The van der Waals surface area contributed by atoms with E-state index in [0.29, 0.717) is 11.8 Å². The van der Waals surface area contributed by atoms with Gasteiger partial charge >= 0.3 is 0 Å². The van der Waals surface area contributed by atoms with E-state index in [1.54, 1.807) is 0 Å². The van der Waals surface area contributed by atoms with E-state index in [1.165, 1.54) is 63.8 Å². The molecule has 0 fully saturated rings. The first-order chi connectivity index (χ1) is 17.2. The maximum Gasteiger partial charge on any atom is 0.0177 e. The minimum atomic E-state index is 0.0351. The summed E-state index contributed by atoms with van der Waals surface area (Å²) in [6.45, 7) is 4.77. The quantitative estimate of drug-likeness (QED) is 0.261. The zero-order chi connectivity index (χ0) is 23.8. The van der Waals surface area contributed by atoms with E-state index >= 15 is 0 Å². The second kappa shape index (κ2) is 9.00. The van der Waals surface area contributed by atoms with Gasteiger partial charge in [0.25, 0.3) is 0 Å². The van der Waals surface area contributed by atoms with Crippen LogP contribution in [0.2, 0.25) is 0 Å². The first kappa shape index (κ1) is 22.1. The lowest BCUT2D eigenvalue weighted by atomic mass is 9.71. The predicted molar refractivity (Wildman–Crippen MR) is 149 cm³/mol. The third-order valence-corrected chi connectivity index (χ3v) is 8.50. The molecule has 0 N–H and O–H groups in total. The third kappa shape index (κ3) is 3.67. The smallest absolute Gasteiger partial charge is 0.0177 e. The molecule has 0 heterocycles. The predicted octanol–water partition coefficient (Wildman–Crippen LogP) is 9.52. The summed E-state index contributed by atoms with van der Waals surface area (Å²) in [6.07, 6.45) is 7.30. The summed E-state index contributed by atoms with van der Waals surface area (Å²) in [6, 6.07) is 38.4. The molecule has 0 spiro atoms. The highest BCUT2D eigenvalue weighted by Crippen LogP contribution is 2.52. The fourth-order valence-corrected chi connectivity index (χ4v) is 6.82. The summed E-state index contributed by atoms with van der Waals surface area (Å²) in [5.41, 5.74) is 11.8. The number of hydrogen-bond donors (Lipinski definition) is 0. The van der Waals surface area contributed by atoms with Crippen LogP contribution in [0.15, 0.2) is 109 Å². The Hall–Kier alpha value is -3.38. The maximum atomic E-state index is 2.63. The van der Waals surface area contributed by atoms with Crippen LogP contribution < -0.4 is 0 Å². The standard InChI is InChI=1S/C35H34/c1-3-23-35(2,26-13-5-4-6-14-26)34-24-25(27-15-7-12-20-33(27)34)21-22-32-30-18-10-8-16-28(30)29-17-9-11-19-31(29)32/h4-20,24-25,32H,3,21-23H2,1-2H3. The number of allylic oxidation sites excluding steroid dienone is 2. The van der Waals surface area contributed by atoms with Crippen LogP contribution in [0.3, 0.4) is 0 Å². The van der Waals surface area contributed by atoms with Gasteiger partial charge in [0.1, 0.15) is 0 Å². The summed E-state index contributed by atoms with van der Waals surface area (Å²) in [4.78, 5) is 0. The molecule has 0 bridgehead atoms. The average molecular weight is 455 g/mol. The van der Waals surface area contributed by atoms with Crippen molar-refractivity contribution < 1.29 is 0 Å². The molecule has 0 saturated carbocycles. The van der Waals surface area contributed by atoms with Crippen molar-refractivity contribution in [3.8, 4) is 11.1 Å². The molecule has 0 nitrogen and oxygen atoms in total. The Morgan fingerprint density at radius 3 is 1.77 bits per heavy atom. The lowest BCUT2D eigenvalue weighted by Crippen LogP contribution is -2.23. The Bertz CT molecular complexity index is 1330. The zero-order valence-electron chi connectivity index (χ0n) is 20.9. The highest BCUT2D eigenvalue weighted by Gasteiger charge is 2.37. The number of rotatable bonds is 7. The molecular weight excluding hydrogens is 420 g/mol. The van der Waals surface area contributed by atoms with E-state index in [4.69, 9.17) is 0 Å². The van der Waals surface area contributed by atoms with Gasteiger partial charge in [-0.25, -0.2) is 0 Å². The van der Waals surface area contributed by atoms with Gasteiger partial charge in [0.2, 0.25) is 0 Å². The maximum absolute atomic E-state index is 2.63. The SMILES string of the molecule is CCCC(C)(C1=CC(CCC2c3ccccc3-c3ccccc32)c2ccccc21)c1ccccc1. The van der Waals surface area contributed by atoms with Crippen LogP contribution in [-0.4, -0.2) is 0 Å². The first-order valence-corrected chi connectivity index (χ1v) is 13.3. The van der Waals surface area contributed by atoms with Crippen molar-refractivity contribution in [3.05, 3.63) is 137 Å². The van der Waals surface area contributed by atoms with Crippen LogP contribution in [0.1, 0.15) is 79.2 Å². The molecule has 0 aromatic heterocycles. The molecule has 0 amide bonds. The zero-order valence-corrected chi connectivity index (χ0v) is 20.9. The topological polar surface area (TPSA) is 0 Å². The Morgan fingerprint density at radius 1 is 0.600 bits per heavy atom. The van der Waals surface area contributed by atoms with Crippen molar-refractivity contribution in [2.75, 3.05) is 0 Å². The van der Waals surface area contributed by atoms with Gasteiger partial charge in [-0.15, -0.1) is 0 Å². The van der Waals surface area contributed by atoms with Gasteiger partial charge < -0.3 is 0 Å². The monoisotopic (exact) mass is 454 g/mol. The van der Waals surface area contributed by atoms with Crippen molar-refractivity contribution >= 4 is 5.57 Å². The normalized spacial score (nSPS) is 17.9. The second-order valence-electron chi connectivity index (χ2n) is 10.5. The van der Waals surface area contributed by atoms with Gasteiger partial charge in [-0.2, -0.15) is 0 Å². The Labute approximate surface area is 210 Å². The van der Waals surface area contributed by atoms with Gasteiger partial charge in [-0.05, 0) is 63.8 Å². The van der Waals surface area contributed by atoms with Crippen LogP contribution in [0.4, 0.5) is 0 Å². The molecule has 4 aromatic carbocycles. The van der Waals surface area contributed by atoms with Crippen LogP contribution in [0.25, 0.3) is 16.7 Å². The highest BCUT2D eigenvalue weighted by molar-refractivity contribution is 5.82. The van der Waals surface area contributed by atoms with Crippen molar-refractivity contribution in [3.63, 3.8) is 0 Å². The number of hydrogen-bond acceptors (Lipinski definition) is 0. The van der Waals surface area contributed by atoms with Crippen LogP contribution in [0.5, 0.6) is 0 Å². The van der Waals surface area contributed by atoms with Gasteiger partial charge in [0.05, 0.1) is 0 Å². The molecule has 0 aliphatic heterocycles. The molecule has 0 heteroatoms. The summed E-state index contributed by atoms with van der Waals surface area (Å²) in [5.74, 6) is 0.962. The molecule has 0 radical (unpaired) electrons. The molecule has 6 rings (SSSR count). The third-order valence-electron chi connectivity index (χ3n) is 8.50. The van der Waals surface area contributed by atoms with E-state index in [2.05, 4.69) is 123 Å². The fraction of sp³-hybridized carbons (Fsp3) is 0.257. The summed E-state index contributed by atoms with van der Waals surface area (Å²) in [7, 11) is 0. The summed E-state index contributed by atoms with van der Waals surface area (Å²) in [5, 5.41) is 0. The van der Waals surface area contributed by atoms with E-state index in [-0.39, 0.29) is 5.41 Å². The summed E-state index contributed by atoms with van der Waals surface area (Å²) >= 11 is 0. The van der Waals surface area contributed by atoms with Crippen LogP contribution in [0, 0.1) is 0 Å². The highest BCUT2D eigenvalue weighted by atomic mass is 14.4. The minimum absolute atomic E-state index is 0.0351. The second-order valence-corrected chi connectivity index (χ2v) is 10.5. The van der Waals surface area contributed by atoms with Crippen molar-refractivity contribution in [2.45, 2.75) is 56.8 Å². The lowest BCUT2D eigenvalue weighted by molar-refractivity contribution is 0.547. The van der Waals surface area contributed by atoms with Crippen LogP contribution in [-0.2, 0) is 5.41 Å². The first-order valence-electron chi connectivity index (χ1n) is 13.3. The van der Waals surface area contributed by atoms with E-state index < -0.39 is 0 Å². The van der Waals surface area contributed by atoms with Crippen molar-refractivity contribution in [1.82, 2.24) is 0 Å². The van der Waals surface area contributed by atoms with E-state index in [1.807, 2.05) is 0 Å². The van der Waals surface area contributed by atoms with Gasteiger partial charge in [0, 0.05) is 17.3 Å². The fourth-order valence-electron chi connectivity index (χ4n) is 6.82. The van der Waals surface area contributed by atoms with Gasteiger partial charge in [-0.1, -0.05) is 129 Å².